The van der Waals surface area contributed by atoms with Crippen molar-refractivity contribution in [1.82, 2.24) is 0 Å². The van der Waals surface area contributed by atoms with Gasteiger partial charge in [-0.05, 0) is 119 Å². The van der Waals surface area contributed by atoms with Crippen LogP contribution in [0.15, 0.2) is 92.4 Å². The largest absolute Gasteiger partial charge is 0.496 e. The van der Waals surface area contributed by atoms with Crippen LogP contribution in [0.4, 0.5) is 0 Å². The molecule has 22 heteroatoms. The fourth-order valence-electron chi connectivity index (χ4n) is 6.18. The van der Waals surface area contributed by atoms with Gasteiger partial charge in [0.1, 0.15) is 23.0 Å². The second-order valence-electron chi connectivity index (χ2n) is 12.6. The summed E-state index contributed by atoms with van der Waals surface area (Å²) in [6.45, 7) is 3.72. The lowest BCUT2D eigenvalue weighted by atomic mass is 9.87. The van der Waals surface area contributed by atoms with E-state index in [2.05, 4.69) is 0 Å². The van der Waals surface area contributed by atoms with Crippen molar-refractivity contribution in [2.24, 2.45) is 5.41 Å². The SMILES string of the molecule is CCC(CC)(CP(c1cc(S(=O)(=O)O)ccc1OC)c1cc(S(=O)(=O)O)ccc1OC)CP(c1cc(S(=O)(=O)O)ccc1OC)c1cc(S(=O)(=O)O)ccc1OC. The van der Waals surface area contributed by atoms with Crippen LogP contribution >= 0.6 is 15.8 Å². The van der Waals surface area contributed by atoms with E-state index in [0.29, 0.717) is 12.8 Å². The van der Waals surface area contributed by atoms with Crippen molar-refractivity contribution >= 4 is 77.5 Å². The third kappa shape index (κ3) is 10.6. The summed E-state index contributed by atoms with van der Waals surface area (Å²) in [7, 11) is -17.8. The Morgan fingerprint density at radius 3 is 0.807 bits per heavy atom. The fourth-order valence-corrected chi connectivity index (χ4v) is 15.3. The first kappa shape index (κ1) is 46.3. The lowest BCUT2D eigenvalue weighted by Crippen LogP contribution is -2.35. The van der Waals surface area contributed by atoms with Gasteiger partial charge in [-0.25, -0.2) is 0 Å². The second kappa shape index (κ2) is 17.8. The van der Waals surface area contributed by atoms with Crippen LogP contribution in [-0.2, 0) is 40.5 Å². The van der Waals surface area contributed by atoms with E-state index in [-0.39, 0.29) is 56.5 Å². The van der Waals surface area contributed by atoms with Crippen molar-refractivity contribution in [3.8, 4) is 23.0 Å². The molecule has 0 fully saturated rings. The highest BCUT2D eigenvalue weighted by Gasteiger charge is 2.39. The molecule has 4 aromatic carbocycles. The van der Waals surface area contributed by atoms with E-state index in [1.807, 2.05) is 13.8 Å². The Bertz CT molecular complexity index is 2230. The van der Waals surface area contributed by atoms with Gasteiger partial charge in [-0.2, -0.15) is 33.7 Å². The molecule has 0 bridgehead atoms. The van der Waals surface area contributed by atoms with E-state index < -0.39 is 81.3 Å². The summed E-state index contributed by atoms with van der Waals surface area (Å²) in [4.78, 5) is -1.96. The molecule has 0 spiro atoms. The van der Waals surface area contributed by atoms with E-state index in [1.165, 1.54) is 77.0 Å². The molecular formula is C35H42O16P2S4. The highest BCUT2D eigenvalue weighted by molar-refractivity contribution is 7.86. The average molecular weight is 909 g/mol. The smallest absolute Gasteiger partial charge is 0.294 e. The molecule has 0 heterocycles. The summed E-state index contributed by atoms with van der Waals surface area (Å²) in [6, 6.07) is 14.7. The maximum atomic E-state index is 12.5. The van der Waals surface area contributed by atoms with Crippen LogP contribution in [0.2, 0.25) is 0 Å². The van der Waals surface area contributed by atoms with Crippen LogP contribution in [0.1, 0.15) is 26.7 Å². The van der Waals surface area contributed by atoms with Crippen molar-refractivity contribution < 1.29 is 70.8 Å². The number of ether oxygens (including phenoxy) is 4. The van der Waals surface area contributed by atoms with Gasteiger partial charge in [0.05, 0.1) is 48.0 Å². The first-order chi connectivity index (χ1) is 26.5. The standard InChI is InChI=1S/C35H42O16P2S4/c1-7-35(8-2,21-52(31-17-23(54(36,37)38)9-13-27(31)48-3)32-18-24(55(39,40)41)10-14-28(32)49-4)22-53(33-19-25(56(42,43)44)11-15-29(33)50-5)34-20-26(57(45,46)47)12-16-30(34)51-6/h9-20H,7-8,21-22H2,1-6H3,(H,36,37,38)(H,39,40,41)(H,42,43,44)(H,45,46,47). The molecule has 0 saturated carbocycles. The number of hydrogen-bond donors (Lipinski definition) is 4. The van der Waals surface area contributed by atoms with Crippen molar-refractivity contribution in [3.05, 3.63) is 72.8 Å². The molecule has 0 aliphatic carbocycles. The van der Waals surface area contributed by atoms with Gasteiger partial charge in [0, 0.05) is 21.2 Å². The summed E-state index contributed by atoms with van der Waals surface area (Å²) >= 11 is 0. The van der Waals surface area contributed by atoms with Crippen molar-refractivity contribution in [3.63, 3.8) is 0 Å². The van der Waals surface area contributed by atoms with Crippen LogP contribution in [-0.4, -0.2) is 92.6 Å². The molecule has 0 unspecified atom stereocenters. The van der Waals surface area contributed by atoms with Crippen molar-refractivity contribution in [1.29, 1.82) is 0 Å². The van der Waals surface area contributed by atoms with E-state index in [0.717, 1.165) is 24.3 Å². The molecule has 4 aromatic rings. The summed E-state index contributed by atoms with van der Waals surface area (Å²) in [6.07, 6.45) is 0.876. The first-order valence-electron chi connectivity index (χ1n) is 16.6. The van der Waals surface area contributed by atoms with E-state index in [9.17, 15) is 51.9 Å². The lowest BCUT2D eigenvalue weighted by molar-refractivity contribution is 0.352. The van der Waals surface area contributed by atoms with Gasteiger partial charge < -0.3 is 18.9 Å². The van der Waals surface area contributed by atoms with Gasteiger partial charge in [0.2, 0.25) is 0 Å². The van der Waals surface area contributed by atoms with E-state index >= 15 is 0 Å². The van der Waals surface area contributed by atoms with Crippen molar-refractivity contribution in [2.45, 2.75) is 46.3 Å². The molecule has 312 valence electrons. The Kier molecular flexibility index (Phi) is 14.5. The van der Waals surface area contributed by atoms with Crippen molar-refractivity contribution in [2.75, 3.05) is 40.8 Å². The minimum Gasteiger partial charge on any atom is -0.496 e. The van der Waals surface area contributed by atoms with Crippen LogP contribution in [0.5, 0.6) is 23.0 Å². The quantitative estimate of drug-likeness (QED) is 0.0811. The Hall–Kier alpha value is -3.42. The molecule has 0 aliphatic heterocycles. The molecule has 4 rings (SSSR count). The molecule has 0 radical (unpaired) electrons. The Morgan fingerprint density at radius 2 is 0.649 bits per heavy atom. The predicted octanol–water partition coefficient (Wildman–Crippen LogP) is 4.08. The maximum Gasteiger partial charge on any atom is 0.294 e. The normalized spacial score (nSPS) is 12.8. The van der Waals surface area contributed by atoms with Gasteiger partial charge in [0.15, 0.2) is 0 Å². The van der Waals surface area contributed by atoms with Crippen LogP contribution in [0.3, 0.4) is 0 Å². The molecule has 0 aromatic heterocycles. The molecule has 0 saturated heterocycles. The zero-order chi connectivity index (χ0) is 42.7. The molecule has 0 atom stereocenters. The molecular weight excluding hydrogens is 867 g/mol. The topological polar surface area (TPSA) is 254 Å². The highest BCUT2D eigenvalue weighted by atomic mass is 32.2. The van der Waals surface area contributed by atoms with E-state index in [1.54, 1.807) is 0 Å². The molecule has 0 amide bonds. The van der Waals surface area contributed by atoms with Gasteiger partial charge >= 0.3 is 0 Å². The molecule has 16 nitrogen and oxygen atoms in total. The summed E-state index contributed by atoms with van der Waals surface area (Å²) in [5.41, 5.74) is -0.909. The Balaban J connectivity index is 2.15. The van der Waals surface area contributed by atoms with Crippen LogP contribution in [0, 0.1) is 5.41 Å². The predicted molar refractivity (Wildman–Crippen MR) is 216 cm³/mol. The Morgan fingerprint density at radius 1 is 0.439 bits per heavy atom. The van der Waals surface area contributed by atoms with Gasteiger partial charge in [-0.15, -0.1) is 0 Å². The van der Waals surface area contributed by atoms with Gasteiger partial charge in [-0.3, -0.25) is 18.2 Å². The summed E-state index contributed by atoms with van der Waals surface area (Å²) < 4.78 is 163. The summed E-state index contributed by atoms with van der Waals surface area (Å²) in [5, 5.41) is 0.948. The number of methoxy groups -OCH3 is 4. The second-order valence-corrected chi connectivity index (χ2v) is 22.6. The van der Waals surface area contributed by atoms with E-state index in [4.69, 9.17) is 18.9 Å². The monoisotopic (exact) mass is 908 g/mol. The lowest BCUT2D eigenvalue weighted by Gasteiger charge is -2.40. The minimum absolute atomic E-state index is 0.0886. The van der Waals surface area contributed by atoms with Crippen LogP contribution in [0.25, 0.3) is 0 Å². The average Bonchev–Trinajstić information content (AvgIpc) is 3.16. The number of benzene rings is 4. The maximum absolute atomic E-state index is 12.5. The third-order valence-electron chi connectivity index (χ3n) is 9.44. The van der Waals surface area contributed by atoms with Gasteiger partial charge in [0.25, 0.3) is 40.5 Å². The zero-order valence-electron chi connectivity index (χ0n) is 31.5. The van der Waals surface area contributed by atoms with Crippen LogP contribution < -0.4 is 40.2 Å². The highest BCUT2D eigenvalue weighted by Crippen LogP contribution is 2.54. The first-order valence-corrected chi connectivity index (χ1v) is 25.5. The third-order valence-corrected chi connectivity index (χ3v) is 18.5. The summed E-state index contributed by atoms with van der Waals surface area (Å²) in [5.74, 6) is 0.671. The molecule has 4 N–H and O–H groups in total. The molecule has 0 aliphatic rings. The number of rotatable bonds is 18. The fraction of sp³-hybridized carbons (Fsp3) is 0.314. The number of hydrogen-bond acceptors (Lipinski definition) is 12. The minimum atomic E-state index is -4.78. The molecule has 57 heavy (non-hydrogen) atoms. The van der Waals surface area contributed by atoms with Gasteiger partial charge in [-0.1, -0.05) is 13.8 Å². The Labute approximate surface area is 335 Å². The zero-order valence-corrected chi connectivity index (χ0v) is 36.5.